The van der Waals surface area contributed by atoms with Gasteiger partial charge in [-0.25, -0.2) is 0 Å². The molecule has 3 N–H and O–H groups in total. The first-order valence-corrected chi connectivity index (χ1v) is 12.2. The van der Waals surface area contributed by atoms with Crippen LogP contribution in [0, 0.1) is 19.8 Å². The summed E-state index contributed by atoms with van der Waals surface area (Å²) in [5.74, 6) is 1.77. The Labute approximate surface area is 206 Å². The number of primary amides is 1. The van der Waals surface area contributed by atoms with Crippen molar-refractivity contribution in [2.75, 3.05) is 6.61 Å². The molecule has 0 bridgehead atoms. The van der Waals surface area contributed by atoms with Crippen LogP contribution in [-0.4, -0.2) is 38.8 Å². The third kappa shape index (κ3) is 7.36. The van der Waals surface area contributed by atoms with E-state index in [9.17, 15) is 9.90 Å². The predicted molar refractivity (Wildman–Crippen MR) is 135 cm³/mol. The van der Waals surface area contributed by atoms with Gasteiger partial charge in [0.1, 0.15) is 12.4 Å². The van der Waals surface area contributed by atoms with Gasteiger partial charge in [-0.2, -0.15) is 4.98 Å². The SMILES string of the molecule is CCCc1cc(-c2noc(-c3cc(C)nc(CC(C)C)c3)n2)cc(C)c1OC[C@@H](O)CCC(N)=O. The molecule has 8 nitrogen and oxygen atoms in total. The minimum absolute atomic E-state index is 0.0939. The van der Waals surface area contributed by atoms with Gasteiger partial charge in [0.25, 0.3) is 5.89 Å². The van der Waals surface area contributed by atoms with Crippen LogP contribution in [0.1, 0.15) is 62.5 Å². The fraction of sp³-hybridized carbons (Fsp3) is 0.481. The van der Waals surface area contributed by atoms with Crippen LogP contribution in [0.4, 0.5) is 0 Å². The van der Waals surface area contributed by atoms with Gasteiger partial charge in [-0.3, -0.25) is 9.78 Å². The number of pyridine rings is 1. The number of aryl methyl sites for hydroxylation is 3. The summed E-state index contributed by atoms with van der Waals surface area (Å²) < 4.78 is 11.6. The van der Waals surface area contributed by atoms with Crippen molar-refractivity contribution in [2.45, 2.75) is 72.8 Å². The fourth-order valence-electron chi connectivity index (χ4n) is 4.05. The zero-order chi connectivity index (χ0) is 25.5. The van der Waals surface area contributed by atoms with E-state index in [2.05, 4.69) is 35.9 Å². The molecule has 8 heteroatoms. The van der Waals surface area contributed by atoms with Gasteiger partial charge < -0.3 is 20.1 Å². The molecule has 0 saturated heterocycles. The molecule has 0 aliphatic rings. The monoisotopic (exact) mass is 480 g/mol. The minimum atomic E-state index is -0.764. The lowest BCUT2D eigenvalue weighted by Gasteiger charge is -2.17. The van der Waals surface area contributed by atoms with Gasteiger partial charge >= 0.3 is 0 Å². The first-order chi connectivity index (χ1) is 16.7. The number of ether oxygens (including phenoxy) is 1. The molecule has 0 radical (unpaired) electrons. The predicted octanol–water partition coefficient (Wildman–Crippen LogP) is 4.57. The Hall–Kier alpha value is -3.26. The highest BCUT2D eigenvalue weighted by Gasteiger charge is 2.17. The number of benzene rings is 1. The number of hydrogen-bond acceptors (Lipinski definition) is 7. The molecule has 0 spiro atoms. The van der Waals surface area contributed by atoms with Crippen molar-refractivity contribution in [3.8, 4) is 28.6 Å². The quantitative estimate of drug-likeness (QED) is 0.389. The Morgan fingerprint density at radius 3 is 2.60 bits per heavy atom. The van der Waals surface area contributed by atoms with Crippen LogP contribution < -0.4 is 10.5 Å². The van der Waals surface area contributed by atoms with Crippen molar-refractivity contribution in [2.24, 2.45) is 11.7 Å². The number of aliphatic hydroxyl groups excluding tert-OH is 1. The molecule has 1 amide bonds. The number of hydrogen-bond donors (Lipinski definition) is 2. The molecule has 1 atom stereocenters. The summed E-state index contributed by atoms with van der Waals surface area (Å²) in [5.41, 5.74) is 10.7. The fourth-order valence-corrected chi connectivity index (χ4v) is 4.05. The molecule has 188 valence electrons. The second-order valence-corrected chi connectivity index (χ2v) is 9.51. The zero-order valence-corrected chi connectivity index (χ0v) is 21.3. The van der Waals surface area contributed by atoms with E-state index in [0.29, 0.717) is 17.6 Å². The first-order valence-electron chi connectivity index (χ1n) is 12.2. The summed E-state index contributed by atoms with van der Waals surface area (Å²) in [5, 5.41) is 14.4. The number of carbonyl (C=O) groups excluding carboxylic acids is 1. The highest BCUT2D eigenvalue weighted by atomic mass is 16.5. The maximum Gasteiger partial charge on any atom is 0.258 e. The van der Waals surface area contributed by atoms with Gasteiger partial charge in [-0.05, 0) is 74.4 Å². The van der Waals surface area contributed by atoms with E-state index >= 15 is 0 Å². The molecule has 0 fully saturated rings. The van der Waals surface area contributed by atoms with Gasteiger partial charge in [0.2, 0.25) is 11.7 Å². The van der Waals surface area contributed by atoms with Crippen molar-refractivity contribution >= 4 is 5.91 Å². The highest BCUT2D eigenvalue weighted by Crippen LogP contribution is 2.32. The molecule has 0 saturated carbocycles. The normalized spacial score (nSPS) is 12.2. The number of carbonyl (C=O) groups is 1. The molecular formula is C27H36N4O4. The van der Waals surface area contributed by atoms with E-state index in [1.165, 1.54) is 0 Å². The molecule has 0 aliphatic heterocycles. The van der Waals surface area contributed by atoms with E-state index in [-0.39, 0.29) is 19.4 Å². The maximum atomic E-state index is 11.0. The number of nitrogens with zero attached hydrogens (tertiary/aromatic N) is 3. The van der Waals surface area contributed by atoms with Crippen LogP contribution in [0.15, 0.2) is 28.8 Å². The standard InChI is InChI=1S/C27H36N4O4/c1-6-7-19-13-20(11-17(4)25(19)34-15-23(32)8-9-24(28)33)26-30-27(35-31-26)21-12-18(5)29-22(14-21)10-16(2)3/h11-14,16,23,32H,6-10,15H2,1-5H3,(H2,28,33)/t23-/m0/s1. The van der Waals surface area contributed by atoms with Crippen LogP contribution in [0.2, 0.25) is 0 Å². The van der Waals surface area contributed by atoms with Crippen molar-refractivity contribution in [1.29, 1.82) is 0 Å². The van der Waals surface area contributed by atoms with Crippen molar-refractivity contribution in [3.05, 3.63) is 46.8 Å². The van der Waals surface area contributed by atoms with Gasteiger partial charge in [-0.1, -0.05) is 32.3 Å². The van der Waals surface area contributed by atoms with Crippen molar-refractivity contribution < 1.29 is 19.2 Å². The number of nitrogens with two attached hydrogens (primary N) is 1. The van der Waals surface area contributed by atoms with Gasteiger partial charge in [-0.15, -0.1) is 0 Å². The molecule has 35 heavy (non-hydrogen) atoms. The van der Waals surface area contributed by atoms with Crippen LogP contribution >= 0.6 is 0 Å². The molecule has 0 unspecified atom stereocenters. The lowest BCUT2D eigenvalue weighted by atomic mass is 10.0. The summed E-state index contributed by atoms with van der Waals surface area (Å²) in [4.78, 5) is 20.3. The summed E-state index contributed by atoms with van der Waals surface area (Å²) in [6.45, 7) is 10.4. The van der Waals surface area contributed by atoms with Gasteiger partial charge in [0.15, 0.2) is 0 Å². The topological polar surface area (TPSA) is 124 Å². The zero-order valence-electron chi connectivity index (χ0n) is 21.3. The summed E-state index contributed by atoms with van der Waals surface area (Å²) in [6.07, 6.45) is 2.24. The third-order valence-electron chi connectivity index (χ3n) is 5.57. The highest BCUT2D eigenvalue weighted by molar-refractivity contribution is 5.73. The first kappa shape index (κ1) is 26.3. The summed E-state index contributed by atoms with van der Waals surface area (Å²) >= 11 is 0. The molecule has 2 heterocycles. The van der Waals surface area contributed by atoms with Crippen LogP contribution in [0.25, 0.3) is 22.8 Å². The van der Waals surface area contributed by atoms with E-state index < -0.39 is 12.0 Å². The van der Waals surface area contributed by atoms with E-state index in [1.807, 2.05) is 38.1 Å². The van der Waals surface area contributed by atoms with Crippen molar-refractivity contribution in [1.82, 2.24) is 15.1 Å². The summed E-state index contributed by atoms with van der Waals surface area (Å²) in [6, 6.07) is 7.94. The second kappa shape index (κ2) is 11.9. The van der Waals surface area contributed by atoms with E-state index in [0.717, 1.165) is 58.7 Å². The number of rotatable bonds is 12. The Morgan fingerprint density at radius 2 is 1.91 bits per heavy atom. The third-order valence-corrected chi connectivity index (χ3v) is 5.57. The van der Waals surface area contributed by atoms with Crippen molar-refractivity contribution in [3.63, 3.8) is 0 Å². The van der Waals surface area contributed by atoms with E-state index in [1.54, 1.807) is 0 Å². The molecule has 3 rings (SSSR count). The van der Waals surface area contributed by atoms with Crippen LogP contribution in [0.5, 0.6) is 5.75 Å². The molecule has 0 aliphatic carbocycles. The molecule has 3 aromatic rings. The van der Waals surface area contributed by atoms with Gasteiger partial charge in [0.05, 0.1) is 6.10 Å². The Kier molecular flexibility index (Phi) is 8.98. The van der Waals surface area contributed by atoms with Crippen LogP contribution in [-0.2, 0) is 17.6 Å². The number of aromatic nitrogens is 3. The Bertz CT molecular complexity index is 1160. The average molecular weight is 481 g/mol. The van der Waals surface area contributed by atoms with Gasteiger partial charge in [0, 0.05) is 28.9 Å². The maximum absolute atomic E-state index is 11.0. The number of aliphatic hydroxyl groups is 1. The lowest BCUT2D eigenvalue weighted by Crippen LogP contribution is -2.21. The largest absolute Gasteiger partial charge is 0.490 e. The summed E-state index contributed by atoms with van der Waals surface area (Å²) in [7, 11) is 0. The molecule has 1 aromatic carbocycles. The average Bonchev–Trinajstić information content (AvgIpc) is 3.27. The van der Waals surface area contributed by atoms with E-state index in [4.69, 9.17) is 15.0 Å². The smallest absolute Gasteiger partial charge is 0.258 e. The lowest BCUT2D eigenvalue weighted by molar-refractivity contribution is -0.118. The molecule has 2 aromatic heterocycles. The Morgan fingerprint density at radius 1 is 1.14 bits per heavy atom. The Balaban J connectivity index is 1.85. The minimum Gasteiger partial charge on any atom is -0.490 e. The second-order valence-electron chi connectivity index (χ2n) is 9.51. The molecular weight excluding hydrogens is 444 g/mol. The van der Waals surface area contributed by atoms with Crippen LogP contribution in [0.3, 0.4) is 0 Å². The number of amides is 1.